The van der Waals surface area contributed by atoms with Gasteiger partial charge in [0.25, 0.3) is 0 Å². The number of benzene rings is 1. The van der Waals surface area contributed by atoms with E-state index in [0.29, 0.717) is 30.4 Å². The first kappa shape index (κ1) is 19.3. The Hall–Kier alpha value is -1.75. The smallest absolute Gasteiger partial charge is 0.241 e. The van der Waals surface area contributed by atoms with Crippen LogP contribution < -0.4 is 20.5 Å². The minimum Gasteiger partial charge on any atom is -0.490 e. The second-order valence-electron chi connectivity index (χ2n) is 6.69. The molecule has 5 nitrogen and oxygen atoms in total. The molecule has 130 valence electrons. The summed E-state index contributed by atoms with van der Waals surface area (Å²) in [5, 5.41) is 2.85. The molecule has 1 amide bonds. The van der Waals surface area contributed by atoms with E-state index in [1.165, 1.54) is 0 Å². The zero-order valence-electron chi connectivity index (χ0n) is 14.9. The molecule has 1 aromatic carbocycles. The summed E-state index contributed by atoms with van der Waals surface area (Å²) in [6.07, 6.45) is 1.82. The summed E-state index contributed by atoms with van der Waals surface area (Å²) in [6, 6.07) is 4.82. The van der Waals surface area contributed by atoms with Crippen molar-refractivity contribution in [3.8, 4) is 11.5 Å². The number of hydrogen-bond acceptors (Lipinski definition) is 4. The summed E-state index contributed by atoms with van der Waals surface area (Å²) in [7, 11) is 0. The van der Waals surface area contributed by atoms with Gasteiger partial charge in [0.05, 0.1) is 19.3 Å². The maximum atomic E-state index is 12.2. The Morgan fingerprint density at radius 1 is 1.13 bits per heavy atom. The number of rotatable bonds is 8. The van der Waals surface area contributed by atoms with Gasteiger partial charge in [0.15, 0.2) is 11.5 Å². The van der Waals surface area contributed by atoms with Gasteiger partial charge in [0.2, 0.25) is 5.91 Å². The van der Waals surface area contributed by atoms with Gasteiger partial charge in [0, 0.05) is 11.8 Å². The zero-order valence-corrected chi connectivity index (χ0v) is 14.9. The van der Waals surface area contributed by atoms with Crippen LogP contribution in [-0.4, -0.2) is 25.2 Å². The van der Waals surface area contributed by atoms with E-state index >= 15 is 0 Å². The molecule has 5 heteroatoms. The SMILES string of the molecule is CCCOc1ccc(NC(=O)[C@@H](N)C(C)(C)C)cc1OCCC. The van der Waals surface area contributed by atoms with Gasteiger partial charge >= 0.3 is 0 Å². The quantitative estimate of drug-likeness (QED) is 0.767. The Labute approximate surface area is 139 Å². The van der Waals surface area contributed by atoms with E-state index < -0.39 is 6.04 Å². The molecular formula is C18H30N2O3. The van der Waals surface area contributed by atoms with Crippen molar-refractivity contribution < 1.29 is 14.3 Å². The first-order valence-electron chi connectivity index (χ1n) is 8.25. The molecule has 0 heterocycles. The summed E-state index contributed by atoms with van der Waals surface area (Å²) < 4.78 is 11.4. The fourth-order valence-electron chi connectivity index (χ4n) is 1.86. The highest BCUT2D eigenvalue weighted by molar-refractivity contribution is 5.95. The third-order valence-corrected chi connectivity index (χ3v) is 3.35. The number of hydrogen-bond donors (Lipinski definition) is 2. The summed E-state index contributed by atoms with van der Waals surface area (Å²) in [5.41, 5.74) is 6.35. The normalized spacial score (nSPS) is 12.6. The lowest BCUT2D eigenvalue weighted by Gasteiger charge is -2.26. The summed E-state index contributed by atoms with van der Waals surface area (Å²) >= 11 is 0. The summed E-state index contributed by atoms with van der Waals surface area (Å²) in [5.74, 6) is 1.13. The van der Waals surface area contributed by atoms with Gasteiger partial charge in [-0.2, -0.15) is 0 Å². The first-order chi connectivity index (χ1) is 10.8. The molecule has 0 aromatic heterocycles. The topological polar surface area (TPSA) is 73.6 Å². The lowest BCUT2D eigenvalue weighted by atomic mass is 9.87. The molecule has 0 aliphatic heterocycles. The van der Waals surface area contributed by atoms with Crippen LogP contribution in [-0.2, 0) is 4.79 Å². The van der Waals surface area contributed by atoms with E-state index in [1.807, 2.05) is 33.8 Å². The maximum absolute atomic E-state index is 12.2. The molecular weight excluding hydrogens is 292 g/mol. The predicted octanol–water partition coefficient (Wildman–Crippen LogP) is 3.58. The van der Waals surface area contributed by atoms with Crippen molar-refractivity contribution in [2.45, 2.75) is 53.5 Å². The Balaban J connectivity index is 2.89. The number of carbonyl (C=O) groups excluding carboxylic acids is 1. The highest BCUT2D eigenvalue weighted by Gasteiger charge is 2.27. The van der Waals surface area contributed by atoms with Gasteiger partial charge in [-0.05, 0) is 30.4 Å². The van der Waals surface area contributed by atoms with E-state index in [9.17, 15) is 4.79 Å². The molecule has 0 aliphatic carbocycles. The molecule has 0 fully saturated rings. The highest BCUT2D eigenvalue weighted by atomic mass is 16.5. The average molecular weight is 322 g/mol. The van der Waals surface area contributed by atoms with Crippen LogP contribution >= 0.6 is 0 Å². The maximum Gasteiger partial charge on any atom is 0.241 e. The largest absolute Gasteiger partial charge is 0.490 e. The van der Waals surface area contributed by atoms with Crippen LogP contribution in [0.3, 0.4) is 0 Å². The van der Waals surface area contributed by atoms with Crippen molar-refractivity contribution in [1.82, 2.24) is 0 Å². The molecule has 0 spiro atoms. The molecule has 1 rings (SSSR count). The standard InChI is InChI=1S/C18H30N2O3/c1-6-10-22-14-9-8-13(12-15(14)23-11-7-2)20-17(21)16(19)18(3,4)5/h8-9,12,16H,6-7,10-11,19H2,1-5H3,(H,20,21)/t16-/m1/s1. The van der Waals surface area contributed by atoms with Crippen molar-refractivity contribution in [3.05, 3.63) is 18.2 Å². The average Bonchev–Trinajstić information content (AvgIpc) is 2.50. The molecule has 0 unspecified atom stereocenters. The highest BCUT2D eigenvalue weighted by Crippen LogP contribution is 2.31. The second-order valence-corrected chi connectivity index (χ2v) is 6.69. The summed E-state index contributed by atoms with van der Waals surface area (Å²) in [4.78, 5) is 12.2. The van der Waals surface area contributed by atoms with E-state index in [0.717, 1.165) is 12.8 Å². The van der Waals surface area contributed by atoms with Crippen LogP contribution in [0.4, 0.5) is 5.69 Å². The molecule has 1 atom stereocenters. The molecule has 0 aliphatic rings. The third kappa shape index (κ3) is 6.10. The Bertz CT molecular complexity index is 509. The number of carbonyl (C=O) groups is 1. The Kier molecular flexibility index (Phi) is 7.36. The summed E-state index contributed by atoms with van der Waals surface area (Å²) in [6.45, 7) is 11.1. The van der Waals surface area contributed by atoms with Crippen molar-refractivity contribution in [1.29, 1.82) is 0 Å². The van der Waals surface area contributed by atoms with Crippen LogP contribution in [0, 0.1) is 5.41 Å². The molecule has 0 saturated carbocycles. The van der Waals surface area contributed by atoms with Gasteiger partial charge < -0.3 is 20.5 Å². The molecule has 3 N–H and O–H groups in total. The van der Waals surface area contributed by atoms with Crippen LogP contribution in [0.15, 0.2) is 18.2 Å². The van der Waals surface area contributed by atoms with Gasteiger partial charge in [-0.3, -0.25) is 4.79 Å². The lowest BCUT2D eigenvalue weighted by molar-refractivity contribution is -0.119. The number of nitrogens with one attached hydrogen (secondary N) is 1. The minimum absolute atomic E-state index is 0.207. The number of amides is 1. The third-order valence-electron chi connectivity index (χ3n) is 3.35. The van der Waals surface area contributed by atoms with Crippen LogP contribution in [0.2, 0.25) is 0 Å². The van der Waals surface area contributed by atoms with Gasteiger partial charge in [0.1, 0.15) is 0 Å². The number of ether oxygens (including phenoxy) is 2. The Morgan fingerprint density at radius 3 is 2.22 bits per heavy atom. The van der Waals surface area contributed by atoms with Gasteiger partial charge in [-0.1, -0.05) is 34.6 Å². The van der Waals surface area contributed by atoms with Crippen molar-refractivity contribution in [2.75, 3.05) is 18.5 Å². The van der Waals surface area contributed by atoms with E-state index in [-0.39, 0.29) is 11.3 Å². The van der Waals surface area contributed by atoms with Crippen LogP contribution in [0.25, 0.3) is 0 Å². The molecule has 23 heavy (non-hydrogen) atoms. The molecule has 0 bridgehead atoms. The van der Waals surface area contributed by atoms with Crippen LogP contribution in [0.1, 0.15) is 47.5 Å². The van der Waals surface area contributed by atoms with E-state index in [1.54, 1.807) is 12.1 Å². The van der Waals surface area contributed by atoms with Gasteiger partial charge in [-0.25, -0.2) is 0 Å². The molecule has 1 aromatic rings. The predicted molar refractivity (Wildman–Crippen MR) is 94.1 cm³/mol. The second kappa shape index (κ2) is 8.77. The Morgan fingerprint density at radius 2 is 1.70 bits per heavy atom. The monoisotopic (exact) mass is 322 g/mol. The molecule has 0 radical (unpaired) electrons. The lowest BCUT2D eigenvalue weighted by Crippen LogP contribution is -2.45. The fraction of sp³-hybridized carbons (Fsp3) is 0.611. The zero-order chi connectivity index (χ0) is 17.5. The number of nitrogens with two attached hydrogens (primary N) is 1. The van der Waals surface area contributed by atoms with E-state index in [2.05, 4.69) is 12.2 Å². The molecule has 0 saturated heterocycles. The number of anilines is 1. The first-order valence-corrected chi connectivity index (χ1v) is 8.25. The van der Waals surface area contributed by atoms with Crippen molar-refractivity contribution in [3.63, 3.8) is 0 Å². The fourth-order valence-corrected chi connectivity index (χ4v) is 1.86. The van der Waals surface area contributed by atoms with Gasteiger partial charge in [-0.15, -0.1) is 0 Å². The van der Waals surface area contributed by atoms with Crippen molar-refractivity contribution in [2.24, 2.45) is 11.1 Å². The van der Waals surface area contributed by atoms with Crippen LogP contribution in [0.5, 0.6) is 11.5 Å². The minimum atomic E-state index is -0.585. The van der Waals surface area contributed by atoms with Crippen molar-refractivity contribution >= 4 is 11.6 Å². The van der Waals surface area contributed by atoms with E-state index in [4.69, 9.17) is 15.2 Å².